The normalized spacial score (nSPS) is 19.6. The number of benzene rings is 1. The molecule has 2 aromatic rings. The molecule has 0 bridgehead atoms. The SMILES string of the molecule is CC(=O)N[C@@H](Cc1cccc(F)c1)[C@@H](O)CN[C@H]1CC2(CCC2)Oc2c1cc(CC(C)(C)C)nc2OC(C)C. The van der Waals surface area contributed by atoms with Crippen LogP contribution in [0.5, 0.6) is 11.6 Å². The molecule has 1 aliphatic carbocycles. The van der Waals surface area contributed by atoms with Gasteiger partial charge in [0.1, 0.15) is 11.4 Å². The van der Waals surface area contributed by atoms with Gasteiger partial charge in [-0.15, -0.1) is 0 Å². The summed E-state index contributed by atoms with van der Waals surface area (Å²) in [6.45, 7) is 12.2. The van der Waals surface area contributed by atoms with E-state index in [1.165, 1.54) is 19.1 Å². The number of halogens is 1. The molecule has 1 aromatic carbocycles. The maximum absolute atomic E-state index is 13.8. The van der Waals surface area contributed by atoms with Gasteiger partial charge in [-0.3, -0.25) is 4.79 Å². The van der Waals surface area contributed by atoms with Gasteiger partial charge in [0, 0.05) is 37.2 Å². The van der Waals surface area contributed by atoms with Gasteiger partial charge in [-0.2, -0.15) is 0 Å². The molecule has 1 amide bonds. The van der Waals surface area contributed by atoms with Crippen LogP contribution < -0.4 is 20.1 Å². The Labute approximate surface area is 231 Å². The number of rotatable bonds is 10. The summed E-state index contributed by atoms with van der Waals surface area (Å²) in [6, 6.07) is 7.72. The fourth-order valence-corrected chi connectivity index (χ4v) is 5.55. The Kier molecular flexibility index (Phi) is 8.86. The van der Waals surface area contributed by atoms with Crippen molar-refractivity contribution in [3.63, 3.8) is 0 Å². The van der Waals surface area contributed by atoms with Crippen molar-refractivity contribution in [1.82, 2.24) is 15.6 Å². The summed E-state index contributed by atoms with van der Waals surface area (Å²) in [4.78, 5) is 16.8. The van der Waals surface area contributed by atoms with Crippen molar-refractivity contribution in [2.75, 3.05) is 6.54 Å². The molecule has 39 heavy (non-hydrogen) atoms. The summed E-state index contributed by atoms with van der Waals surface area (Å²) < 4.78 is 26.6. The predicted molar refractivity (Wildman–Crippen MR) is 149 cm³/mol. The van der Waals surface area contributed by atoms with Gasteiger partial charge in [0.25, 0.3) is 5.88 Å². The van der Waals surface area contributed by atoms with Crippen LogP contribution in [0.15, 0.2) is 30.3 Å². The van der Waals surface area contributed by atoms with Crippen molar-refractivity contribution >= 4 is 5.91 Å². The molecule has 1 saturated carbocycles. The van der Waals surface area contributed by atoms with Crippen molar-refractivity contribution in [3.05, 3.63) is 53.0 Å². The fourth-order valence-electron chi connectivity index (χ4n) is 5.55. The minimum absolute atomic E-state index is 0.0443. The van der Waals surface area contributed by atoms with Gasteiger partial charge in [-0.25, -0.2) is 9.37 Å². The Bertz CT molecular complexity index is 1160. The largest absolute Gasteiger partial charge is 0.481 e. The number of hydrogen-bond acceptors (Lipinski definition) is 6. The van der Waals surface area contributed by atoms with E-state index >= 15 is 0 Å². The lowest BCUT2D eigenvalue weighted by Gasteiger charge is -2.48. The second-order valence-corrected chi connectivity index (χ2v) is 12.8. The van der Waals surface area contributed by atoms with Gasteiger partial charge >= 0.3 is 0 Å². The highest BCUT2D eigenvalue weighted by molar-refractivity contribution is 5.73. The van der Waals surface area contributed by atoms with Crippen LogP contribution in [0.2, 0.25) is 0 Å². The Morgan fingerprint density at radius 1 is 1.28 bits per heavy atom. The number of nitrogens with zero attached hydrogens (tertiary/aromatic N) is 1. The lowest BCUT2D eigenvalue weighted by atomic mass is 9.73. The van der Waals surface area contributed by atoms with E-state index in [0.717, 1.165) is 43.4 Å². The van der Waals surface area contributed by atoms with Crippen LogP contribution in [0.4, 0.5) is 4.39 Å². The first-order valence-corrected chi connectivity index (χ1v) is 14.1. The molecule has 8 heteroatoms. The zero-order valence-electron chi connectivity index (χ0n) is 24.1. The van der Waals surface area contributed by atoms with Crippen LogP contribution >= 0.6 is 0 Å². The molecule has 1 aliphatic heterocycles. The molecular weight excluding hydrogens is 497 g/mol. The van der Waals surface area contributed by atoms with Crippen molar-refractivity contribution in [1.29, 1.82) is 0 Å². The van der Waals surface area contributed by atoms with Crippen LogP contribution in [-0.2, 0) is 17.6 Å². The van der Waals surface area contributed by atoms with Crippen LogP contribution in [0, 0.1) is 11.2 Å². The topological polar surface area (TPSA) is 92.7 Å². The first kappa shape index (κ1) is 29.3. The van der Waals surface area contributed by atoms with Gasteiger partial charge in [-0.05, 0) is 75.1 Å². The van der Waals surface area contributed by atoms with Crippen LogP contribution in [-0.4, -0.2) is 46.4 Å². The number of aliphatic hydroxyl groups excluding tert-OH is 1. The van der Waals surface area contributed by atoms with Crippen molar-refractivity contribution in [3.8, 4) is 11.6 Å². The second-order valence-electron chi connectivity index (χ2n) is 12.8. The van der Waals surface area contributed by atoms with E-state index in [0.29, 0.717) is 23.6 Å². The number of carbonyl (C=O) groups is 1. The molecule has 0 unspecified atom stereocenters. The Morgan fingerprint density at radius 2 is 2.03 bits per heavy atom. The number of hydrogen-bond donors (Lipinski definition) is 3. The molecule has 1 fully saturated rings. The minimum atomic E-state index is -0.886. The summed E-state index contributed by atoms with van der Waals surface area (Å²) in [5, 5.41) is 17.6. The zero-order chi connectivity index (χ0) is 28.4. The number of amides is 1. The number of aromatic nitrogens is 1. The third-order valence-corrected chi connectivity index (χ3v) is 7.39. The Hall–Kier alpha value is -2.71. The third kappa shape index (κ3) is 7.70. The molecule has 4 rings (SSSR count). The van der Waals surface area contributed by atoms with E-state index in [9.17, 15) is 14.3 Å². The first-order chi connectivity index (χ1) is 18.3. The summed E-state index contributed by atoms with van der Waals surface area (Å²) >= 11 is 0. The van der Waals surface area contributed by atoms with E-state index in [2.05, 4.69) is 37.5 Å². The van der Waals surface area contributed by atoms with Gasteiger partial charge in [0.2, 0.25) is 5.91 Å². The van der Waals surface area contributed by atoms with Gasteiger partial charge in [-0.1, -0.05) is 32.9 Å². The van der Waals surface area contributed by atoms with E-state index in [1.807, 2.05) is 13.8 Å². The van der Waals surface area contributed by atoms with Crippen LogP contribution in [0.1, 0.15) is 90.1 Å². The van der Waals surface area contributed by atoms with Crippen LogP contribution in [0.3, 0.4) is 0 Å². The summed E-state index contributed by atoms with van der Waals surface area (Å²) in [5.74, 6) is 0.638. The number of nitrogens with one attached hydrogen (secondary N) is 2. The smallest absolute Gasteiger partial charge is 0.257 e. The molecule has 7 nitrogen and oxygen atoms in total. The van der Waals surface area contributed by atoms with E-state index in [-0.39, 0.29) is 41.4 Å². The zero-order valence-corrected chi connectivity index (χ0v) is 24.1. The molecule has 2 aliphatic rings. The van der Waals surface area contributed by atoms with Crippen molar-refractivity contribution in [2.24, 2.45) is 5.41 Å². The Morgan fingerprint density at radius 3 is 2.62 bits per heavy atom. The third-order valence-electron chi connectivity index (χ3n) is 7.39. The number of aliphatic hydroxyl groups is 1. The van der Waals surface area contributed by atoms with Crippen molar-refractivity contribution in [2.45, 2.75) is 110 Å². The Balaban J connectivity index is 1.60. The molecule has 0 saturated heterocycles. The first-order valence-electron chi connectivity index (χ1n) is 14.1. The highest BCUT2D eigenvalue weighted by Crippen LogP contribution is 2.52. The standard InChI is InChI=1S/C31H44FN3O4/c1-19(2)38-29-28-24(15-23(35-29)16-30(4,5)6)26(17-31(39-28)11-8-12-31)33-18-27(37)25(34-20(3)36)14-21-9-7-10-22(32)13-21/h7,9-10,13,15,19,25-27,33,37H,8,11-12,14,16-18H2,1-6H3,(H,34,36)/t25-,26-,27-/m0/s1. The van der Waals surface area contributed by atoms with Crippen molar-refractivity contribution < 1.29 is 23.8 Å². The molecule has 3 atom stereocenters. The monoisotopic (exact) mass is 541 g/mol. The molecule has 1 spiro atoms. The molecule has 3 N–H and O–H groups in total. The number of carbonyl (C=O) groups excluding carboxylic acids is 1. The predicted octanol–water partition coefficient (Wildman–Crippen LogP) is 5.04. The average Bonchev–Trinajstić information content (AvgIpc) is 2.79. The van der Waals surface area contributed by atoms with E-state index in [4.69, 9.17) is 14.5 Å². The number of fused-ring (bicyclic) bond motifs is 1. The maximum atomic E-state index is 13.8. The van der Waals surface area contributed by atoms with Crippen LogP contribution in [0.25, 0.3) is 0 Å². The summed E-state index contributed by atoms with van der Waals surface area (Å²) in [5.41, 5.74) is 2.43. The minimum Gasteiger partial charge on any atom is -0.481 e. The highest BCUT2D eigenvalue weighted by atomic mass is 19.1. The van der Waals surface area contributed by atoms with Gasteiger partial charge in [0.05, 0.1) is 18.2 Å². The van der Waals surface area contributed by atoms with E-state index in [1.54, 1.807) is 12.1 Å². The van der Waals surface area contributed by atoms with Gasteiger partial charge < -0.3 is 25.2 Å². The molecule has 0 radical (unpaired) electrons. The molecule has 1 aromatic heterocycles. The molecular formula is C31H44FN3O4. The summed E-state index contributed by atoms with van der Waals surface area (Å²) in [6.07, 6.45) is 3.99. The van der Waals surface area contributed by atoms with E-state index < -0.39 is 12.1 Å². The highest BCUT2D eigenvalue weighted by Gasteiger charge is 2.47. The lowest BCUT2D eigenvalue weighted by Crippen LogP contribution is -2.52. The summed E-state index contributed by atoms with van der Waals surface area (Å²) in [7, 11) is 0. The quantitative estimate of drug-likeness (QED) is 0.390. The fraction of sp³-hybridized carbons (Fsp3) is 0.613. The van der Waals surface area contributed by atoms with Gasteiger partial charge in [0.15, 0.2) is 5.75 Å². The number of pyridine rings is 1. The molecule has 214 valence electrons. The maximum Gasteiger partial charge on any atom is 0.257 e. The second kappa shape index (κ2) is 11.8. The lowest BCUT2D eigenvalue weighted by molar-refractivity contribution is -0.120. The molecule has 2 heterocycles. The number of ether oxygens (including phenoxy) is 2. The average molecular weight is 542 g/mol.